The molecule has 150 valence electrons. The van der Waals surface area contributed by atoms with Crippen molar-refractivity contribution in [3.8, 4) is 6.07 Å². The number of benzene rings is 3. The number of fused-ring (bicyclic) bond motifs is 5. The lowest BCUT2D eigenvalue weighted by Gasteiger charge is -2.09. The number of hydrogen-bond acceptors (Lipinski definition) is 5. The zero-order chi connectivity index (χ0) is 21.4. The number of anilines is 1. The van der Waals surface area contributed by atoms with Crippen molar-refractivity contribution in [3.05, 3.63) is 77.3 Å². The highest BCUT2D eigenvalue weighted by molar-refractivity contribution is 7.99. The number of nitrogens with one attached hydrogen (secondary N) is 1. The topological polar surface area (TPSA) is 83.1 Å². The van der Waals surface area contributed by atoms with Crippen molar-refractivity contribution in [1.82, 2.24) is 14.4 Å². The number of thioether (sulfide) groups is 1. The fraction of sp³-hybridized carbons (Fsp3) is 0.0435. The van der Waals surface area contributed by atoms with Gasteiger partial charge in [-0.2, -0.15) is 5.26 Å². The summed E-state index contributed by atoms with van der Waals surface area (Å²) < 4.78 is 1.99. The van der Waals surface area contributed by atoms with Gasteiger partial charge in [0.1, 0.15) is 11.7 Å². The minimum absolute atomic E-state index is 0.157. The SMILES string of the molecule is N#Cc1ccc(NC(=O)CSc2nc3ccccc3c3nc4ccccc4n23)cc1Cl. The summed E-state index contributed by atoms with van der Waals surface area (Å²) in [4.78, 5) is 22.1. The molecule has 0 aliphatic heterocycles. The second kappa shape index (κ2) is 7.91. The van der Waals surface area contributed by atoms with Crippen LogP contribution in [0.2, 0.25) is 5.02 Å². The first kappa shape index (κ1) is 19.4. The molecule has 5 aromatic rings. The number of carbonyl (C=O) groups is 1. The molecule has 0 atom stereocenters. The van der Waals surface area contributed by atoms with Gasteiger partial charge in [0.05, 0.1) is 32.9 Å². The Morgan fingerprint density at radius 2 is 1.84 bits per heavy atom. The van der Waals surface area contributed by atoms with Gasteiger partial charge in [-0.1, -0.05) is 47.6 Å². The number of nitriles is 1. The van der Waals surface area contributed by atoms with E-state index in [1.165, 1.54) is 11.8 Å². The van der Waals surface area contributed by atoms with Crippen LogP contribution in [0.5, 0.6) is 0 Å². The van der Waals surface area contributed by atoms with E-state index in [4.69, 9.17) is 26.8 Å². The Labute approximate surface area is 186 Å². The third-order valence-electron chi connectivity index (χ3n) is 4.82. The summed E-state index contributed by atoms with van der Waals surface area (Å²) in [6, 6.07) is 22.5. The smallest absolute Gasteiger partial charge is 0.234 e. The van der Waals surface area contributed by atoms with Crippen molar-refractivity contribution < 1.29 is 4.79 Å². The van der Waals surface area contributed by atoms with Gasteiger partial charge in [0, 0.05) is 11.1 Å². The molecule has 5 rings (SSSR count). The van der Waals surface area contributed by atoms with Crippen molar-refractivity contribution in [2.24, 2.45) is 0 Å². The van der Waals surface area contributed by atoms with E-state index < -0.39 is 0 Å². The van der Waals surface area contributed by atoms with E-state index in [1.807, 2.05) is 59.0 Å². The normalized spacial score (nSPS) is 11.1. The lowest BCUT2D eigenvalue weighted by atomic mass is 10.2. The molecule has 2 heterocycles. The first-order valence-electron chi connectivity index (χ1n) is 9.42. The molecule has 0 aliphatic carbocycles. The number of imidazole rings is 1. The molecular formula is C23H14ClN5OS. The average molecular weight is 444 g/mol. The average Bonchev–Trinajstić information content (AvgIpc) is 3.18. The standard InChI is InChI=1S/C23H14ClN5OS/c24-17-11-15(10-9-14(17)12-25)26-21(30)13-31-23-28-18-6-2-1-5-16(18)22-27-19-7-3-4-8-20(19)29(22)23/h1-11H,13H2,(H,26,30). The van der Waals surface area contributed by atoms with E-state index in [2.05, 4.69) is 5.32 Å². The van der Waals surface area contributed by atoms with Gasteiger partial charge in [-0.25, -0.2) is 9.97 Å². The minimum Gasteiger partial charge on any atom is -0.325 e. The highest BCUT2D eigenvalue weighted by atomic mass is 35.5. The number of nitrogens with zero attached hydrogens (tertiary/aromatic N) is 4. The fourth-order valence-corrected chi connectivity index (χ4v) is 4.45. The highest BCUT2D eigenvalue weighted by Crippen LogP contribution is 2.29. The molecule has 8 heteroatoms. The molecule has 0 bridgehead atoms. The Morgan fingerprint density at radius 3 is 2.65 bits per heavy atom. The molecule has 31 heavy (non-hydrogen) atoms. The maximum Gasteiger partial charge on any atom is 0.234 e. The maximum atomic E-state index is 12.6. The van der Waals surface area contributed by atoms with Gasteiger partial charge in [0.2, 0.25) is 5.91 Å². The van der Waals surface area contributed by atoms with Gasteiger partial charge < -0.3 is 5.32 Å². The molecule has 0 unspecified atom stereocenters. The third kappa shape index (κ3) is 3.56. The van der Waals surface area contributed by atoms with Crippen LogP contribution in [0.25, 0.3) is 27.6 Å². The summed E-state index contributed by atoms with van der Waals surface area (Å²) in [5.74, 6) is -0.0387. The Bertz CT molecular complexity index is 1520. The second-order valence-corrected chi connectivity index (χ2v) is 8.16. The van der Waals surface area contributed by atoms with Crippen LogP contribution >= 0.6 is 23.4 Å². The largest absolute Gasteiger partial charge is 0.325 e. The number of aromatic nitrogens is 3. The van der Waals surface area contributed by atoms with Crippen molar-refractivity contribution >= 4 is 62.5 Å². The molecule has 1 N–H and O–H groups in total. The Hall–Kier alpha value is -3.60. The van der Waals surface area contributed by atoms with Gasteiger partial charge in [-0.3, -0.25) is 9.20 Å². The summed E-state index contributed by atoms with van der Waals surface area (Å²) >= 11 is 7.39. The van der Waals surface area contributed by atoms with Crippen LogP contribution in [0.15, 0.2) is 71.9 Å². The maximum absolute atomic E-state index is 12.6. The highest BCUT2D eigenvalue weighted by Gasteiger charge is 2.15. The van der Waals surface area contributed by atoms with Crippen molar-refractivity contribution in [3.63, 3.8) is 0 Å². The van der Waals surface area contributed by atoms with Gasteiger partial charge in [-0.15, -0.1) is 0 Å². The third-order valence-corrected chi connectivity index (χ3v) is 6.07. The second-order valence-electron chi connectivity index (χ2n) is 6.81. The number of rotatable bonds is 4. The van der Waals surface area contributed by atoms with Crippen molar-refractivity contribution in [1.29, 1.82) is 5.26 Å². The summed E-state index contributed by atoms with van der Waals surface area (Å²) in [6.45, 7) is 0. The molecule has 1 amide bonds. The number of para-hydroxylation sites is 3. The monoisotopic (exact) mass is 443 g/mol. The van der Waals surface area contributed by atoms with Crippen LogP contribution in [0.1, 0.15) is 5.56 Å². The zero-order valence-electron chi connectivity index (χ0n) is 16.0. The molecule has 3 aromatic carbocycles. The van der Waals surface area contributed by atoms with Gasteiger partial charge in [0.25, 0.3) is 0 Å². The van der Waals surface area contributed by atoms with E-state index in [0.29, 0.717) is 21.4 Å². The number of amides is 1. The van der Waals surface area contributed by atoms with Crippen LogP contribution in [0.3, 0.4) is 0 Å². The van der Waals surface area contributed by atoms with E-state index >= 15 is 0 Å². The zero-order valence-corrected chi connectivity index (χ0v) is 17.6. The summed E-state index contributed by atoms with van der Waals surface area (Å²) in [7, 11) is 0. The first-order chi connectivity index (χ1) is 15.1. The minimum atomic E-state index is -0.196. The quantitative estimate of drug-likeness (QED) is 0.301. The van der Waals surface area contributed by atoms with Gasteiger partial charge >= 0.3 is 0 Å². The Morgan fingerprint density at radius 1 is 1.06 bits per heavy atom. The molecule has 0 radical (unpaired) electrons. The number of carbonyl (C=O) groups excluding carboxylic acids is 1. The molecular weight excluding hydrogens is 430 g/mol. The van der Waals surface area contributed by atoms with Gasteiger partial charge in [0.15, 0.2) is 5.16 Å². The summed E-state index contributed by atoms with van der Waals surface area (Å²) in [5, 5.41) is 13.7. The summed E-state index contributed by atoms with van der Waals surface area (Å²) in [5.41, 5.74) is 4.36. The Balaban J connectivity index is 1.48. The molecule has 0 aliphatic rings. The lowest BCUT2D eigenvalue weighted by Crippen LogP contribution is -2.14. The fourth-order valence-electron chi connectivity index (χ4n) is 3.42. The molecule has 0 spiro atoms. The van der Waals surface area contributed by atoms with Crippen LogP contribution < -0.4 is 5.32 Å². The Kier molecular flexibility index (Phi) is 4.94. The van der Waals surface area contributed by atoms with E-state index in [1.54, 1.807) is 18.2 Å². The molecule has 0 fully saturated rings. The molecule has 2 aromatic heterocycles. The first-order valence-corrected chi connectivity index (χ1v) is 10.8. The van der Waals surface area contributed by atoms with E-state index in [0.717, 1.165) is 27.6 Å². The van der Waals surface area contributed by atoms with Crippen molar-refractivity contribution in [2.45, 2.75) is 5.16 Å². The predicted octanol–water partition coefficient (Wildman–Crippen LogP) is 5.29. The molecule has 0 saturated heterocycles. The predicted molar refractivity (Wildman–Crippen MR) is 124 cm³/mol. The van der Waals surface area contributed by atoms with Crippen LogP contribution in [0.4, 0.5) is 5.69 Å². The molecule has 6 nitrogen and oxygen atoms in total. The summed E-state index contributed by atoms with van der Waals surface area (Å²) in [6.07, 6.45) is 0. The van der Waals surface area contributed by atoms with Crippen LogP contribution in [-0.4, -0.2) is 26.0 Å². The van der Waals surface area contributed by atoms with Crippen molar-refractivity contribution in [2.75, 3.05) is 11.1 Å². The van der Waals surface area contributed by atoms with Crippen LogP contribution in [0, 0.1) is 11.3 Å². The lowest BCUT2D eigenvalue weighted by molar-refractivity contribution is -0.113. The molecule has 0 saturated carbocycles. The van der Waals surface area contributed by atoms with E-state index in [-0.39, 0.29) is 11.7 Å². The number of halogens is 1. The van der Waals surface area contributed by atoms with Crippen LogP contribution in [-0.2, 0) is 4.79 Å². The number of hydrogen-bond donors (Lipinski definition) is 1. The van der Waals surface area contributed by atoms with E-state index in [9.17, 15) is 4.79 Å². The van der Waals surface area contributed by atoms with Gasteiger partial charge in [-0.05, 0) is 42.5 Å².